The first-order valence-corrected chi connectivity index (χ1v) is 8.15. The number of ketones is 1. The molecule has 0 saturated carbocycles. The third kappa shape index (κ3) is 6.03. The first kappa shape index (κ1) is 15.7. The van der Waals surface area contributed by atoms with Crippen molar-refractivity contribution in [3.05, 3.63) is 34.9 Å². The third-order valence-corrected chi connectivity index (χ3v) is 3.94. The van der Waals surface area contributed by atoms with Gasteiger partial charge < -0.3 is 0 Å². The Kier molecular flexibility index (Phi) is 7.63. The average molecular weight is 298 g/mol. The summed E-state index contributed by atoms with van der Waals surface area (Å²) in [5.41, 5.74) is 3.83. The smallest absolute Gasteiger partial charge is 0.139 e. The second-order valence-electron chi connectivity index (χ2n) is 4.20. The fourth-order valence-corrected chi connectivity index (χ4v) is 2.97. The number of benzene rings is 1. The van der Waals surface area contributed by atoms with Crippen LogP contribution in [0.4, 0.5) is 0 Å². The first-order valence-electron chi connectivity index (χ1n) is 5.89. The van der Waals surface area contributed by atoms with Crippen molar-refractivity contribution >= 4 is 47.8 Å². The summed E-state index contributed by atoms with van der Waals surface area (Å²) in [5.74, 6) is 2.54. The number of aryl methyl sites for hydroxylation is 1. The van der Waals surface area contributed by atoms with Crippen molar-refractivity contribution in [2.75, 3.05) is 11.5 Å². The van der Waals surface area contributed by atoms with Crippen LogP contribution in [-0.2, 0) is 23.4 Å². The van der Waals surface area contributed by atoms with Crippen molar-refractivity contribution in [2.24, 2.45) is 0 Å². The molecule has 0 atom stereocenters. The SMILES string of the molecule is CC(=O)CSCc1cc(CC=S)cc(CCS)c1. The van der Waals surface area contributed by atoms with Crippen molar-refractivity contribution in [1.82, 2.24) is 0 Å². The van der Waals surface area contributed by atoms with E-state index in [9.17, 15) is 4.79 Å². The molecule has 0 N–H and O–H groups in total. The molecule has 0 unspecified atom stereocenters. The predicted molar refractivity (Wildman–Crippen MR) is 88.2 cm³/mol. The van der Waals surface area contributed by atoms with Crippen molar-refractivity contribution in [2.45, 2.75) is 25.5 Å². The van der Waals surface area contributed by atoms with E-state index in [1.54, 1.807) is 24.1 Å². The van der Waals surface area contributed by atoms with Gasteiger partial charge >= 0.3 is 0 Å². The highest BCUT2D eigenvalue weighted by atomic mass is 32.2. The Labute approximate surface area is 124 Å². The van der Waals surface area contributed by atoms with E-state index in [1.807, 2.05) is 0 Å². The minimum Gasteiger partial charge on any atom is -0.299 e. The molecule has 0 radical (unpaired) electrons. The molecule has 1 nitrogen and oxygen atoms in total. The maximum absolute atomic E-state index is 10.9. The number of hydrogen-bond acceptors (Lipinski definition) is 4. The molecule has 0 heterocycles. The minimum absolute atomic E-state index is 0.227. The molecule has 0 bridgehead atoms. The summed E-state index contributed by atoms with van der Waals surface area (Å²) >= 11 is 10.9. The summed E-state index contributed by atoms with van der Waals surface area (Å²) in [6.45, 7) is 1.63. The normalized spacial score (nSPS) is 10.3. The topological polar surface area (TPSA) is 17.1 Å². The zero-order chi connectivity index (χ0) is 13.4. The summed E-state index contributed by atoms with van der Waals surface area (Å²) in [6, 6.07) is 6.58. The van der Waals surface area contributed by atoms with E-state index in [0.717, 1.165) is 24.3 Å². The van der Waals surface area contributed by atoms with Gasteiger partial charge in [-0.3, -0.25) is 4.79 Å². The van der Waals surface area contributed by atoms with Gasteiger partial charge in [0.2, 0.25) is 0 Å². The number of hydrogen-bond donors (Lipinski definition) is 1. The largest absolute Gasteiger partial charge is 0.299 e. The van der Waals surface area contributed by atoms with Crippen molar-refractivity contribution in [1.29, 1.82) is 0 Å². The Balaban J connectivity index is 2.74. The Hall–Kier alpha value is -0.320. The summed E-state index contributed by atoms with van der Waals surface area (Å²) in [6.07, 6.45) is 1.79. The third-order valence-electron chi connectivity index (χ3n) is 2.41. The molecule has 0 saturated heterocycles. The molecule has 18 heavy (non-hydrogen) atoms. The first-order chi connectivity index (χ1) is 8.65. The van der Waals surface area contributed by atoms with Crippen LogP contribution in [0.1, 0.15) is 23.6 Å². The van der Waals surface area contributed by atoms with E-state index in [2.05, 4.69) is 30.8 Å². The van der Waals surface area contributed by atoms with Gasteiger partial charge in [-0.1, -0.05) is 30.4 Å². The van der Waals surface area contributed by atoms with E-state index in [0.29, 0.717) is 5.75 Å². The molecule has 1 aromatic rings. The molecular formula is C14H18OS3. The Morgan fingerprint density at radius 3 is 2.61 bits per heavy atom. The molecule has 0 aliphatic heterocycles. The standard InChI is InChI=1S/C14H18OS3/c1-11(15)9-18-10-14-7-12(2-4-16)6-13(8-14)3-5-17/h4,6-8,17H,2-3,5,9-10H2,1H3. The van der Waals surface area contributed by atoms with Crippen LogP contribution < -0.4 is 0 Å². The number of carbonyl (C=O) groups excluding carboxylic acids is 1. The molecule has 0 amide bonds. The lowest BCUT2D eigenvalue weighted by Gasteiger charge is -2.08. The number of thiocarbonyl (C=S) groups is 1. The summed E-state index contributed by atoms with van der Waals surface area (Å²) in [5, 5.41) is 1.76. The molecule has 0 aromatic heterocycles. The molecule has 1 rings (SSSR count). The molecule has 98 valence electrons. The van der Waals surface area contributed by atoms with E-state index in [-0.39, 0.29) is 5.78 Å². The van der Waals surface area contributed by atoms with Gasteiger partial charge in [-0.15, -0.1) is 11.8 Å². The van der Waals surface area contributed by atoms with Crippen LogP contribution in [0.5, 0.6) is 0 Å². The zero-order valence-electron chi connectivity index (χ0n) is 10.5. The Bertz CT molecular complexity index is 416. The van der Waals surface area contributed by atoms with Crippen LogP contribution in [-0.4, -0.2) is 22.7 Å². The Morgan fingerprint density at radius 1 is 1.33 bits per heavy atom. The van der Waals surface area contributed by atoms with Crippen LogP contribution in [0.15, 0.2) is 18.2 Å². The fraction of sp³-hybridized carbons (Fsp3) is 0.429. The van der Waals surface area contributed by atoms with Gasteiger partial charge in [0, 0.05) is 12.2 Å². The summed E-state index contributed by atoms with van der Waals surface area (Å²) < 4.78 is 0. The number of thioether (sulfide) groups is 1. The van der Waals surface area contributed by atoms with E-state index < -0.39 is 0 Å². The highest BCUT2D eigenvalue weighted by Crippen LogP contribution is 2.17. The second-order valence-corrected chi connectivity index (χ2v) is 5.96. The molecule has 0 fully saturated rings. The number of Topliss-reactive ketones (excluding diaryl/α,β-unsaturated/α-hetero) is 1. The van der Waals surface area contributed by atoms with E-state index in [4.69, 9.17) is 12.2 Å². The van der Waals surface area contributed by atoms with Gasteiger partial charge in [0.25, 0.3) is 0 Å². The van der Waals surface area contributed by atoms with Gasteiger partial charge in [-0.2, -0.15) is 12.6 Å². The highest BCUT2D eigenvalue weighted by molar-refractivity contribution is 7.99. The lowest BCUT2D eigenvalue weighted by molar-refractivity contribution is -0.114. The summed E-state index contributed by atoms with van der Waals surface area (Å²) in [4.78, 5) is 10.9. The molecule has 4 heteroatoms. The monoisotopic (exact) mass is 298 g/mol. The molecule has 1 aromatic carbocycles. The van der Waals surface area contributed by atoms with E-state index in [1.165, 1.54) is 16.7 Å². The molecule has 0 aliphatic rings. The van der Waals surface area contributed by atoms with Crippen LogP contribution >= 0.6 is 36.6 Å². The van der Waals surface area contributed by atoms with Gasteiger partial charge in [0.15, 0.2) is 0 Å². The highest BCUT2D eigenvalue weighted by Gasteiger charge is 2.02. The van der Waals surface area contributed by atoms with Crippen molar-refractivity contribution in [3.63, 3.8) is 0 Å². The zero-order valence-corrected chi connectivity index (χ0v) is 13.0. The van der Waals surface area contributed by atoms with Crippen LogP contribution in [0.25, 0.3) is 0 Å². The number of carbonyl (C=O) groups is 1. The van der Waals surface area contributed by atoms with Gasteiger partial charge in [-0.05, 0) is 41.2 Å². The average Bonchev–Trinajstić information content (AvgIpc) is 2.29. The second kappa shape index (κ2) is 8.73. The van der Waals surface area contributed by atoms with Crippen molar-refractivity contribution < 1.29 is 4.79 Å². The van der Waals surface area contributed by atoms with Crippen LogP contribution in [0, 0.1) is 0 Å². The fourth-order valence-electron chi connectivity index (χ4n) is 1.72. The molecule has 0 aliphatic carbocycles. The summed E-state index contributed by atoms with van der Waals surface area (Å²) in [7, 11) is 0. The number of rotatable bonds is 8. The van der Waals surface area contributed by atoms with Gasteiger partial charge in [0.1, 0.15) is 5.78 Å². The minimum atomic E-state index is 0.227. The van der Waals surface area contributed by atoms with Crippen molar-refractivity contribution in [3.8, 4) is 0 Å². The van der Waals surface area contributed by atoms with Gasteiger partial charge in [0.05, 0.1) is 5.75 Å². The Morgan fingerprint density at radius 2 is 2.00 bits per heavy atom. The van der Waals surface area contributed by atoms with Crippen LogP contribution in [0.2, 0.25) is 0 Å². The number of thiol groups is 1. The van der Waals surface area contributed by atoms with Gasteiger partial charge in [-0.25, -0.2) is 0 Å². The maximum atomic E-state index is 10.9. The molecule has 0 spiro atoms. The van der Waals surface area contributed by atoms with E-state index >= 15 is 0 Å². The van der Waals surface area contributed by atoms with Crippen LogP contribution in [0.3, 0.4) is 0 Å². The quantitative estimate of drug-likeness (QED) is 0.584. The lowest BCUT2D eigenvalue weighted by atomic mass is 10.0. The predicted octanol–water partition coefficient (Wildman–Crippen LogP) is 3.52. The lowest BCUT2D eigenvalue weighted by Crippen LogP contribution is -1.97. The maximum Gasteiger partial charge on any atom is 0.139 e. The molecular weight excluding hydrogens is 280 g/mol.